The lowest BCUT2D eigenvalue weighted by Gasteiger charge is -2.50. The van der Waals surface area contributed by atoms with Gasteiger partial charge < -0.3 is 15.2 Å². The first-order valence-electron chi connectivity index (χ1n) is 12.5. The van der Waals surface area contributed by atoms with Crippen molar-refractivity contribution < 1.29 is 27.9 Å². The Balaban J connectivity index is 1.21. The van der Waals surface area contributed by atoms with Crippen LogP contribution in [0.1, 0.15) is 66.4 Å². The second-order valence-electron chi connectivity index (χ2n) is 10.7. The van der Waals surface area contributed by atoms with E-state index in [0.717, 1.165) is 38.5 Å². The van der Waals surface area contributed by atoms with Gasteiger partial charge in [0.2, 0.25) is 10.0 Å². The van der Waals surface area contributed by atoms with Crippen LogP contribution in [0, 0.1) is 17.3 Å². The van der Waals surface area contributed by atoms with E-state index in [1.54, 1.807) is 6.07 Å². The highest BCUT2D eigenvalue weighted by Gasteiger charge is 2.56. The van der Waals surface area contributed by atoms with Crippen LogP contribution in [0.2, 0.25) is 0 Å². The molecule has 0 aromatic heterocycles. The number of carbonyl (C=O) groups excluding carboxylic acids is 2. The van der Waals surface area contributed by atoms with Gasteiger partial charge in [-0.25, -0.2) is 13.6 Å². The SMILES string of the molecule is C[C@]12CCC3c4ccc(O)cc4CCC3C1CC[C@@H]2OC(=O)CNC(=O)c1cccc(S(N)(=O)=O)c1. The molecule has 8 nitrogen and oxygen atoms in total. The number of benzene rings is 2. The minimum Gasteiger partial charge on any atom is -0.508 e. The standard InChI is InChI=1S/C27H32N2O6S/c1-27-12-11-21-20-8-6-18(30)13-16(20)5-7-22(21)23(27)9-10-24(27)35-25(31)15-29-26(32)17-3-2-4-19(14-17)36(28,33)34/h2-4,6,8,13-14,21-24,30H,5,7,9-12,15H2,1H3,(H,29,32)(H2,28,33,34)/t21?,22?,23?,24-,27-/m0/s1. The summed E-state index contributed by atoms with van der Waals surface area (Å²) in [6.45, 7) is 1.95. The smallest absolute Gasteiger partial charge is 0.325 e. The third kappa shape index (κ3) is 4.50. The molecule has 0 aliphatic heterocycles. The molecule has 36 heavy (non-hydrogen) atoms. The lowest BCUT2D eigenvalue weighted by molar-refractivity contribution is -0.156. The van der Waals surface area contributed by atoms with E-state index in [4.69, 9.17) is 9.88 Å². The number of esters is 1. The highest BCUT2D eigenvalue weighted by molar-refractivity contribution is 7.89. The maximum Gasteiger partial charge on any atom is 0.325 e. The number of carbonyl (C=O) groups is 2. The average Bonchev–Trinajstić information content (AvgIpc) is 3.17. The number of phenolic OH excluding ortho intramolecular Hbond substituents is 1. The van der Waals surface area contributed by atoms with Crippen LogP contribution in [0.15, 0.2) is 47.4 Å². The third-order valence-electron chi connectivity index (χ3n) is 8.71. The second-order valence-corrected chi connectivity index (χ2v) is 12.2. The maximum atomic E-state index is 12.7. The molecule has 2 aromatic rings. The van der Waals surface area contributed by atoms with Crippen molar-refractivity contribution in [1.82, 2.24) is 5.32 Å². The summed E-state index contributed by atoms with van der Waals surface area (Å²) >= 11 is 0. The van der Waals surface area contributed by atoms with Gasteiger partial charge in [0.1, 0.15) is 18.4 Å². The molecule has 0 heterocycles. The number of hydrogen-bond acceptors (Lipinski definition) is 6. The first-order chi connectivity index (χ1) is 17.1. The maximum absolute atomic E-state index is 12.7. The molecule has 192 valence electrons. The number of phenols is 1. The van der Waals surface area contributed by atoms with E-state index >= 15 is 0 Å². The Morgan fingerprint density at radius 3 is 2.72 bits per heavy atom. The van der Waals surface area contributed by atoms with Gasteiger partial charge in [-0.05, 0) is 97.7 Å². The number of amides is 1. The number of aryl methyl sites for hydroxylation is 1. The van der Waals surface area contributed by atoms with Crippen molar-refractivity contribution in [3.05, 3.63) is 59.2 Å². The molecule has 2 aromatic carbocycles. The average molecular weight is 513 g/mol. The number of hydrogen-bond donors (Lipinski definition) is 3. The molecule has 3 aliphatic rings. The number of aromatic hydroxyl groups is 1. The van der Waals surface area contributed by atoms with E-state index in [2.05, 4.69) is 18.3 Å². The zero-order valence-corrected chi connectivity index (χ0v) is 21.1. The minimum atomic E-state index is -3.93. The number of ether oxygens (including phenoxy) is 1. The van der Waals surface area contributed by atoms with Crippen molar-refractivity contribution in [3.63, 3.8) is 0 Å². The van der Waals surface area contributed by atoms with Crippen molar-refractivity contribution in [2.45, 2.75) is 62.4 Å². The molecule has 0 bridgehead atoms. The number of rotatable bonds is 5. The first kappa shape index (κ1) is 24.8. The highest BCUT2D eigenvalue weighted by atomic mass is 32.2. The Bertz CT molecular complexity index is 1310. The van der Waals surface area contributed by atoms with Gasteiger partial charge >= 0.3 is 5.97 Å². The molecule has 3 unspecified atom stereocenters. The van der Waals surface area contributed by atoms with E-state index < -0.39 is 21.9 Å². The van der Waals surface area contributed by atoms with Crippen LogP contribution >= 0.6 is 0 Å². The summed E-state index contributed by atoms with van der Waals surface area (Å²) in [5.74, 6) is 0.741. The van der Waals surface area contributed by atoms with Gasteiger partial charge in [-0.2, -0.15) is 0 Å². The zero-order valence-electron chi connectivity index (χ0n) is 20.3. The fourth-order valence-corrected chi connectivity index (χ4v) is 7.54. The molecule has 0 radical (unpaired) electrons. The predicted octanol–water partition coefficient (Wildman–Crippen LogP) is 3.24. The Morgan fingerprint density at radius 2 is 1.94 bits per heavy atom. The van der Waals surface area contributed by atoms with E-state index in [1.807, 2.05) is 6.07 Å². The van der Waals surface area contributed by atoms with E-state index in [0.29, 0.717) is 23.5 Å². The van der Waals surface area contributed by atoms with Gasteiger partial charge in [0.05, 0.1) is 4.90 Å². The molecule has 5 rings (SSSR count). The normalized spacial score (nSPS) is 28.9. The van der Waals surface area contributed by atoms with Crippen molar-refractivity contribution >= 4 is 21.9 Å². The summed E-state index contributed by atoms with van der Waals surface area (Å²) in [6.07, 6.45) is 5.65. The van der Waals surface area contributed by atoms with Crippen molar-refractivity contribution in [1.29, 1.82) is 0 Å². The number of nitrogens with two attached hydrogens (primary N) is 1. The first-order valence-corrected chi connectivity index (χ1v) is 14.0. The van der Waals surface area contributed by atoms with Crippen LogP contribution in [-0.4, -0.2) is 38.0 Å². The van der Waals surface area contributed by atoms with Gasteiger partial charge in [0.15, 0.2) is 0 Å². The van der Waals surface area contributed by atoms with Crippen LogP contribution < -0.4 is 10.5 Å². The largest absolute Gasteiger partial charge is 0.508 e. The Labute approximate surface area is 211 Å². The summed E-state index contributed by atoms with van der Waals surface area (Å²) in [5.41, 5.74) is 2.62. The third-order valence-corrected chi connectivity index (χ3v) is 9.63. The molecular formula is C27H32N2O6S. The fourth-order valence-electron chi connectivity index (χ4n) is 6.98. The molecule has 0 spiro atoms. The van der Waals surface area contributed by atoms with Crippen LogP contribution in [0.3, 0.4) is 0 Å². The van der Waals surface area contributed by atoms with Gasteiger partial charge in [-0.1, -0.05) is 19.1 Å². The van der Waals surface area contributed by atoms with Crippen LogP contribution in [0.5, 0.6) is 5.75 Å². The van der Waals surface area contributed by atoms with Crippen LogP contribution in [0.4, 0.5) is 0 Å². The highest BCUT2D eigenvalue weighted by Crippen LogP contribution is 2.61. The molecule has 2 fully saturated rings. The molecule has 3 aliphatic carbocycles. The van der Waals surface area contributed by atoms with E-state index in [1.165, 1.54) is 35.4 Å². The summed E-state index contributed by atoms with van der Waals surface area (Å²) in [5, 5.41) is 17.5. The lowest BCUT2D eigenvalue weighted by Crippen LogP contribution is -2.45. The quantitative estimate of drug-likeness (QED) is 0.526. The lowest BCUT2D eigenvalue weighted by atomic mass is 9.55. The molecule has 1 amide bonds. The fraction of sp³-hybridized carbons (Fsp3) is 0.481. The molecular weight excluding hydrogens is 480 g/mol. The minimum absolute atomic E-state index is 0.0981. The predicted molar refractivity (Wildman–Crippen MR) is 133 cm³/mol. The Morgan fingerprint density at radius 1 is 1.14 bits per heavy atom. The molecule has 4 N–H and O–H groups in total. The Hall–Kier alpha value is -2.91. The van der Waals surface area contributed by atoms with Gasteiger partial charge in [-0.15, -0.1) is 0 Å². The summed E-state index contributed by atoms with van der Waals surface area (Å²) in [7, 11) is -3.93. The Kier molecular flexibility index (Phi) is 6.32. The molecule has 9 heteroatoms. The van der Waals surface area contributed by atoms with Crippen molar-refractivity contribution in [2.75, 3.05) is 6.54 Å². The number of sulfonamides is 1. The van der Waals surface area contributed by atoms with Crippen molar-refractivity contribution in [2.24, 2.45) is 22.4 Å². The number of nitrogens with one attached hydrogen (secondary N) is 1. The van der Waals surface area contributed by atoms with E-state index in [9.17, 15) is 23.1 Å². The van der Waals surface area contributed by atoms with Crippen LogP contribution in [0.25, 0.3) is 0 Å². The van der Waals surface area contributed by atoms with Gasteiger partial charge in [0.25, 0.3) is 5.91 Å². The van der Waals surface area contributed by atoms with Crippen molar-refractivity contribution in [3.8, 4) is 5.75 Å². The second kappa shape index (κ2) is 9.19. The number of primary sulfonamides is 1. The summed E-state index contributed by atoms with van der Waals surface area (Å²) in [4.78, 5) is 25.0. The monoisotopic (exact) mass is 512 g/mol. The summed E-state index contributed by atoms with van der Waals surface area (Å²) in [6, 6.07) is 11.1. The van der Waals surface area contributed by atoms with Crippen LogP contribution in [-0.2, 0) is 26.0 Å². The number of fused-ring (bicyclic) bond motifs is 5. The summed E-state index contributed by atoms with van der Waals surface area (Å²) < 4.78 is 29.0. The molecule has 5 atom stereocenters. The zero-order chi connectivity index (χ0) is 25.7. The van der Waals surface area contributed by atoms with Gasteiger partial charge in [-0.3, -0.25) is 9.59 Å². The molecule has 0 saturated heterocycles. The topological polar surface area (TPSA) is 136 Å². The molecule has 2 saturated carbocycles. The van der Waals surface area contributed by atoms with E-state index in [-0.39, 0.29) is 28.5 Å². The van der Waals surface area contributed by atoms with Gasteiger partial charge in [0, 0.05) is 11.0 Å².